The Morgan fingerprint density at radius 1 is 1.00 bits per heavy atom. The molecule has 0 heterocycles. The molecule has 0 atom stereocenters. The second kappa shape index (κ2) is 9.74. The molecule has 0 saturated carbocycles. The van der Waals surface area contributed by atoms with E-state index < -0.39 is 22.5 Å². The molecule has 1 amide bonds. The van der Waals surface area contributed by atoms with Gasteiger partial charge in [-0.1, -0.05) is 42.5 Å². The van der Waals surface area contributed by atoms with Crippen molar-refractivity contribution in [3.63, 3.8) is 0 Å². The van der Waals surface area contributed by atoms with Crippen molar-refractivity contribution in [2.45, 2.75) is 25.7 Å². The lowest BCUT2D eigenvalue weighted by atomic mass is 10.1. The Kier molecular flexibility index (Phi) is 7.05. The van der Waals surface area contributed by atoms with Gasteiger partial charge in [-0.15, -0.1) is 0 Å². The van der Waals surface area contributed by atoms with Crippen LogP contribution in [0.25, 0.3) is 0 Å². The first kappa shape index (κ1) is 23.1. The lowest BCUT2D eigenvalue weighted by Crippen LogP contribution is -2.40. The third-order valence-electron chi connectivity index (χ3n) is 4.86. The van der Waals surface area contributed by atoms with Crippen molar-refractivity contribution >= 4 is 27.3 Å². The zero-order chi connectivity index (χ0) is 23.3. The van der Waals surface area contributed by atoms with Gasteiger partial charge in [-0.25, -0.2) is 18.2 Å². The Morgan fingerprint density at radius 3 is 2.31 bits per heavy atom. The number of benzene rings is 3. The molecule has 3 aromatic rings. The molecule has 6 nitrogen and oxygen atoms in total. The number of hydrazone groups is 1. The number of anilines is 1. The van der Waals surface area contributed by atoms with Crippen molar-refractivity contribution in [2.24, 2.45) is 5.10 Å². The van der Waals surface area contributed by atoms with E-state index in [2.05, 4.69) is 10.5 Å². The monoisotopic (exact) mass is 453 g/mol. The molecular weight excluding hydrogens is 429 g/mol. The molecule has 0 spiro atoms. The smallest absolute Gasteiger partial charge is 0.264 e. The van der Waals surface area contributed by atoms with Gasteiger partial charge in [0.2, 0.25) is 0 Å². The predicted molar refractivity (Wildman–Crippen MR) is 124 cm³/mol. The van der Waals surface area contributed by atoms with Gasteiger partial charge in [0.1, 0.15) is 12.4 Å². The highest BCUT2D eigenvalue weighted by atomic mass is 32.2. The second-order valence-corrected chi connectivity index (χ2v) is 9.22. The summed E-state index contributed by atoms with van der Waals surface area (Å²) in [4.78, 5) is 12.8. The number of amides is 1. The number of rotatable bonds is 7. The van der Waals surface area contributed by atoms with Crippen LogP contribution >= 0.6 is 0 Å². The Labute approximate surface area is 187 Å². The summed E-state index contributed by atoms with van der Waals surface area (Å²) < 4.78 is 41.0. The Hall–Kier alpha value is -3.52. The number of halogens is 1. The molecule has 3 rings (SSSR count). The molecular formula is C24H24FN3O3S. The van der Waals surface area contributed by atoms with Crippen LogP contribution in [-0.4, -0.2) is 26.6 Å². The van der Waals surface area contributed by atoms with E-state index >= 15 is 0 Å². The second-order valence-electron chi connectivity index (χ2n) is 7.35. The number of aryl methyl sites for hydroxylation is 2. The van der Waals surface area contributed by atoms with Crippen LogP contribution < -0.4 is 9.73 Å². The molecule has 0 aromatic heterocycles. The zero-order valence-corrected chi connectivity index (χ0v) is 18.9. The number of sulfonamides is 1. The number of nitrogens with one attached hydrogen (secondary N) is 1. The first-order valence-corrected chi connectivity index (χ1v) is 11.4. The molecule has 0 radical (unpaired) electrons. The largest absolute Gasteiger partial charge is 0.271 e. The average molecular weight is 454 g/mol. The number of hydrogen-bond donors (Lipinski definition) is 1. The predicted octanol–water partition coefficient (Wildman–Crippen LogP) is 4.18. The molecule has 32 heavy (non-hydrogen) atoms. The Balaban J connectivity index is 1.90. The third kappa shape index (κ3) is 5.39. The van der Waals surface area contributed by atoms with Crippen molar-refractivity contribution in [1.29, 1.82) is 0 Å². The summed E-state index contributed by atoms with van der Waals surface area (Å²) in [6.45, 7) is 4.85. The van der Waals surface area contributed by atoms with Crippen LogP contribution in [0, 0.1) is 19.7 Å². The van der Waals surface area contributed by atoms with E-state index in [0.29, 0.717) is 22.5 Å². The van der Waals surface area contributed by atoms with Gasteiger partial charge in [-0.2, -0.15) is 5.10 Å². The van der Waals surface area contributed by atoms with E-state index in [1.54, 1.807) is 50.2 Å². The maximum Gasteiger partial charge on any atom is 0.264 e. The first-order valence-electron chi connectivity index (χ1n) is 9.92. The van der Waals surface area contributed by atoms with Crippen LogP contribution in [0.1, 0.15) is 23.6 Å². The van der Waals surface area contributed by atoms with E-state index in [1.165, 1.54) is 24.3 Å². The van der Waals surface area contributed by atoms with Crippen molar-refractivity contribution in [2.75, 3.05) is 10.8 Å². The molecule has 0 saturated heterocycles. The molecule has 166 valence electrons. The third-order valence-corrected chi connectivity index (χ3v) is 6.64. The van der Waals surface area contributed by atoms with Gasteiger partial charge < -0.3 is 0 Å². The highest BCUT2D eigenvalue weighted by Gasteiger charge is 2.28. The summed E-state index contributed by atoms with van der Waals surface area (Å²) in [6, 6.07) is 19.1. The van der Waals surface area contributed by atoms with Crippen LogP contribution in [-0.2, 0) is 14.8 Å². The average Bonchev–Trinajstić information content (AvgIpc) is 2.78. The van der Waals surface area contributed by atoms with E-state index in [1.807, 2.05) is 19.1 Å². The fourth-order valence-electron chi connectivity index (χ4n) is 3.08. The summed E-state index contributed by atoms with van der Waals surface area (Å²) in [6.07, 6.45) is 0. The van der Waals surface area contributed by atoms with Gasteiger partial charge in [0.15, 0.2) is 0 Å². The zero-order valence-electron chi connectivity index (χ0n) is 18.0. The lowest BCUT2D eigenvalue weighted by molar-refractivity contribution is -0.119. The van der Waals surface area contributed by atoms with Crippen LogP contribution in [0.15, 0.2) is 82.8 Å². The molecule has 3 aromatic carbocycles. The fraction of sp³-hybridized carbons (Fsp3) is 0.167. The van der Waals surface area contributed by atoms with Gasteiger partial charge in [0.05, 0.1) is 16.3 Å². The van der Waals surface area contributed by atoms with Crippen LogP contribution in [0.5, 0.6) is 0 Å². The van der Waals surface area contributed by atoms with Crippen molar-refractivity contribution in [3.05, 3.63) is 95.3 Å². The number of nitrogens with zero attached hydrogens (tertiary/aromatic N) is 2. The molecule has 0 aliphatic carbocycles. The van der Waals surface area contributed by atoms with Crippen LogP contribution in [0.3, 0.4) is 0 Å². The topological polar surface area (TPSA) is 78.8 Å². The summed E-state index contributed by atoms with van der Waals surface area (Å²) in [5.74, 6) is -0.979. The molecule has 0 aliphatic heterocycles. The van der Waals surface area contributed by atoms with E-state index in [4.69, 9.17) is 0 Å². The molecule has 1 N–H and O–H groups in total. The summed E-state index contributed by atoms with van der Waals surface area (Å²) in [5.41, 5.74) is 5.50. The Bertz CT molecular complexity index is 1240. The summed E-state index contributed by atoms with van der Waals surface area (Å²) in [5, 5.41) is 4.04. The molecule has 0 fully saturated rings. The standard InChI is InChI=1S/C24H24FN3O3S/c1-17-9-10-18(2)23(15-17)28(32(30,31)22-7-5-4-6-8-22)16-24(29)27-26-19(3)20-11-13-21(25)14-12-20/h4-15H,16H2,1-3H3,(H,27,29)/b26-19-. The molecule has 0 aliphatic rings. The maximum atomic E-state index is 13.4. The highest BCUT2D eigenvalue weighted by Crippen LogP contribution is 2.27. The maximum absolute atomic E-state index is 13.4. The SMILES string of the molecule is C/C(=N/NC(=O)CN(c1cc(C)ccc1C)S(=O)(=O)c1ccccc1)c1ccc(F)cc1. The minimum absolute atomic E-state index is 0.0831. The summed E-state index contributed by atoms with van der Waals surface area (Å²) in [7, 11) is -4.00. The molecule has 8 heteroatoms. The molecule has 0 unspecified atom stereocenters. The van der Waals surface area contributed by atoms with Crippen molar-refractivity contribution in [1.82, 2.24) is 5.43 Å². The van der Waals surface area contributed by atoms with E-state index in [0.717, 1.165) is 9.87 Å². The quantitative estimate of drug-likeness (QED) is 0.431. The summed E-state index contributed by atoms with van der Waals surface area (Å²) >= 11 is 0. The van der Waals surface area contributed by atoms with Crippen LogP contribution in [0.2, 0.25) is 0 Å². The minimum Gasteiger partial charge on any atom is -0.271 e. The number of hydrogen-bond acceptors (Lipinski definition) is 4. The minimum atomic E-state index is -4.00. The number of carbonyl (C=O) groups is 1. The van der Waals surface area contributed by atoms with E-state index in [-0.39, 0.29) is 10.7 Å². The lowest BCUT2D eigenvalue weighted by Gasteiger charge is -2.25. The van der Waals surface area contributed by atoms with E-state index in [9.17, 15) is 17.6 Å². The molecule has 0 bridgehead atoms. The van der Waals surface area contributed by atoms with Crippen LogP contribution in [0.4, 0.5) is 10.1 Å². The van der Waals surface area contributed by atoms with Crippen molar-refractivity contribution < 1.29 is 17.6 Å². The van der Waals surface area contributed by atoms with Gasteiger partial charge >= 0.3 is 0 Å². The highest BCUT2D eigenvalue weighted by molar-refractivity contribution is 7.92. The van der Waals surface area contributed by atoms with Gasteiger partial charge in [-0.05, 0) is 67.8 Å². The van der Waals surface area contributed by atoms with Gasteiger partial charge in [0.25, 0.3) is 15.9 Å². The Morgan fingerprint density at radius 2 is 1.66 bits per heavy atom. The fourth-order valence-corrected chi connectivity index (χ4v) is 4.57. The first-order chi connectivity index (χ1) is 15.2. The number of carbonyl (C=O) groups excluding carboxylic acids is 1. The van der Waals surface area contributed by atoms with Gasteiger partial charge in [-0.3, -0.25) is 9.10 Å². The van der Waals surface area contributed by atoms with Crippen molar-refractivity contribution in [3.8, 4) is 0 Å². The normalized spacial score (nSPS) is 11.8. The van der Waals surface area contributed by atoms with Gasteiger partial charge in [0, 0.05) is 0 Å².